The zero-order valence-electron chi connectivity index (χ0n) is 33.4. The van der Waals surface area contributed by atoms with Crippen LogP contribution in [-0.2, 0) is 37.2 Å². The lowest BCUT2D eigenvalue weighted by molar-refractivity contribution is -0.134. The van der Waals surface area contributed by atoms with E-state index in [1.807, 2.05) is 35.2 Å². The lowest BCUT2D eigenvalue weighted by Crippen LogP contribution is -2.54. The van der Waals surface area contributed by atoms with Crippen molar-refractivity contribution in [2.75, 3.05) is 79.0 Å². The van der Waals surface area contributed by atoms with E-state index in [0.717, 1.165) is 50.3 Å². The minimum Gasteiger partial charge on any atom is -0.494 e. The van der Waals surface area contributed by atoms with Crippen LogP contribution >= 0.6 is 11.6 Å². The molecular formula is C42H47ClFN9O6S. The molecule has 1 aromatic heterocycles. The standard InChI is InChI=1S/C42H47ClFN9O6S/c1-59-36-24-29(7-10-34(36)47-42-45-25-32(43)40(49-42)46-35-5-3-4-27-12-17-53(39(27)35)60(2,57)58)50-15-13-28(14-16-50)51-18-20-52(21-19-51)38(55)23-26-6-8-30(33(44)22-26)31-9-11-37(54)48-41(31)56/h3-8,10,22,24-25,28,31H,9,11-21,23H2,1-2H3,(H,48,54,56)(H2,45,46,47,49). The molecule has 4 aromatic rings. The molecule has 5 heterocycles. The molecule has 3 saturated heterocycles. The molecule has 3 N–H and O–H groups in total. The number of hydrogen-bond acceptors (Lipinski definition) is 12. The monoisotopic (exact) mass is 859 g/mol. The summed E-state index contributed by atoms with van der Waals surface area (Å²) in [6.07, 6.45) is 5.74. The van der Waals surface area contributed by atoms with Crippen molar-refractivity contribution in [3.63, 3.8) is 0 Å². The van der Waals surface area contributed by atoms with Crippen LogP contribution in [0, 0.1) is 5.82 Å². The average molecular weight is 860 g/mol. The summed E-state index contributed by atoms with van der Waals surface area (Å²) in [6.45, 7) is 4.83. The van der Waals surface area contributed by atoms with Gasteiger partial charge in [0.25, 0.3) is 0 Å². The largest absolute Gasteiger partial charge is 0.494 e. The number of piperazine rings is 1. The molecule has 0 aliphatic carbocycles. The number of para-hydroxylation sites is 1. The Kier molecular flexibility index (Phi) is 11.8. The number of anilines is 6. The first kappa shape index (κ1) is 41.2. The van der Waals surface area contributed by atoms with Crippen molar-refractivity contribution >= 4 is 73.9 Å². The lowest BCUT2D eigenvalue weighted by Gasteiger charge is -2.43. The van der Waals surface area contributed by atoms with Crippen LogP contribution in [-0.4, -0.2) is 111 Å². The molecule has 0 spiro atoms. The summed E-state index contributed by atoms with van der Waals surface area (Å²) in [5, 5.41) is 9.01. The third-order valence-electron chi connectivity index (χ3n) is 11.8. The molecule has 4 aliphatic heterocycles. The smallest absolute Gasteiger partial charge is 0.234 e. The zero-order valence-corrected chi connectivity index (χ0v) is 35.0. The molecule has 15 nitrogen and oxygen atoms in total. The number of carbonyl (C=O) groups excluding carboxylic acids is 3. The van der Waals surface area contributed by atoms with Gasteiger partial charge in [-0.3, -0.25) is 28.9 Å². The second kappa shape index (κ2) is 17.2. The predicted octanol–water partition coefficient (Wildman–Crippen LogP) is 4.96. The molecule has 3 amide bonds. The van der Waals surface area contributed by atoms with Gasteiger partial charge in [0.2, 0.25) is 33.7 Å². The van der Waals surface area contributed by atoms with Gasteiger partial charge in [-0.25, -0.2) is 17.8 Å². The van der Waals surface area contributed by atoms with E-state index in [0.29, 0.717) is 66.3 Å². The van der Waals surface area contributed by atoms with Crippen molar-refractivity contribution in [3.05, 3.63) is 88.3 Å². The van der Waals surface area contributed by atoms with E-state index in [9.17, 15) is 22.8 Å². The Morgan fingerprint density at radius 2 is 1.73 bits per heavy atom. The molecule has 1 atom stereocenters. The molecule has 60 heavy (non-hydrogen) atoms. The van der Waals surface area contributed by atoms with Gasteiger partial charge in [-0.05, 0) is 61.1 Å². The summed E-state index contributed by atoms with van der Waals surface area (Å²) in [4.78, 5) is 52.6. The molecular weight excluding hydrogens is 813 g/mol. The predicted molar refractivity (Wildman–Crippen MR) is 228 cm³/mol. The minimum atomic E-state index is -3.47. The maximum absolute atomic E-state index is 15.0. The molecule has 0 saturated carbocycles. The van der Waals surface area contributed by atoms with Crippen LogP contribution in [0.4, 0.5) is 38.9 Å². The number of fused-ring (bicyclic) bond motifs is 1. The Balaban J connectivity index is 0.833. The molecule has 18 heteroatoms. The Morgan fingerprint density at radius 3 is 2.45 bits per heavy atom. The first-order valence-electron chi connectivity index (χ1n) is 20.1. The Labute approximate surface area is 353 Å². The fourth-order valence-electron chi connectivity index (χ4n) is 8.66. The van der Waals surface area contributed by atoms with E-state index in [1.165, 1.54) is 22.8 Å². The van der Waals surface area contributed by atoms with Crippen molar-refractivity contribution in [1.82, 2.24) is 25.1 Å². The van der Waals surface area contributed by atoms with Gasteiger partial charge in [-0.2, -0.15) is 4.98 Å². The van der Waals surface area contributed by atoms with Gasteiger partial charge in [0, 0.05) is 75.6 Å². The molecule has 3 fully saturated rings. The van der Waals surface area contributed by atoms with E-state index >= 15 is 4.39 Å². The van der Waals surface area contributed by atoms with E-state index in [1.54, 1.807) is 25.3 Å². The van der Waals surface area contributed by atoms with Gasteiger partial charge < -0.3 is 25.2 Å². The average Bonchev–Trinajstić information content (AvgIpc) is 3.69. The number of methoxy groups -OCH3 is 1. The van der Waals surface area contributed by atoms with Crippen LogP contribution in [0.3, 0.4) is 0 Å². The van der Waals surface area contributed by atoms with Crippen LogP contribution in [0.2, 0.25) is 5.02 Å². The fourth-order valence-corrected chi connectivity index (χ4v) is 9.77. The van der Waals surface area contributed by atoms with Crippen molar-refractivity contribution in [2.45, 2.75) is 50.5 Å². The van der Waals surface area contributed by atoms with Crippen molar-refractivity contribution in [3.8, 4) is 5.75 Å². The highest BCUT2D eigenvalue weighted by atomic mass is 35.5. The molecule has 3 aromatic carbocycles. The number of hydrogen-bond donors (Lipinski definition) is 3. The second-order valence-electron chi connectivity index (χ2n) is 15.6. The first-order chi connectivity index (χ1) is 28.8. The molecule has 0 bridgehead atoms. The maximum Gasteiger partial charge on any atom is 0.234 e. The first-order valence-corrected chi connectivity index (χ1v) is 22.3. The zero-order chi connectivity index (χ0) is 42.1. The number of ether oxygens (including phenoxy) is 1. The summed E-state index contributed by atoms with van der Waals surface area (Å²) < 4.78 is 47.2. The van der Waals surface area contributed by atoms with Crippen molar-refractivity contribution < 1.29 is 31.9 Å². The number of nitrogens with zero attached hydrogens (tertiary/aromatic N) is 6. The molecule has 316 valence electrons. The van der Waals surface area contributed by atoms with Crippen molar-refractivity contribution in [2.24, 2.45) is 0 Å². The number of sulfonamides is 1. The van der Waals surface area contributed by atoms with Gasteiger partial charge >= 0.3 is 0 Å². The third kappa shape index (κ3) is 8.83. The van der Waals surface area contributed by atoms with Gasteiger partial charge in [-0.15, -0.1) is 0 Å². The van der Waals surface area contributed by atoms with E-state index in [2.05, 4.69) is 35.7 Å². The van der Waals surface area contributed by atoms with E-state index in [4.69, 9.17) is 16.3 Å². The van der Waals surface area contributed by atoms with Gasteiger partial charge in [-0.1, -0.05) is 35.9 Å². The number of carbonyl (C=O) groups is 3. The maximum atomic E-state index is 15.0. The number of aromatic nitrogens is 2. The number of imide groups is 1. The van der Waals surface area contributed by atoms with E-state index < -0.39 is 27.7 Å². The normalized spacial score (nSPS) is 18.9. The number of amides is 3. The van der Waals surface area contributed by atoms with Crippen LogP contribution in [0.5, 0.6) is 5.75 Å². The van der Waals surface area contributed by atoms with E-state index in [-0.39, 0.29) is 47.6 Å². The topological polar surface area (TPSA) is 169 Å². The third-order valence-corrected chi connectivity index (χ3v) is 13.3. The number of nitrogens with one attached hydrogen (secondary N) is 3. The summed E-state index contributed by atoms with van der Waals surface area (Å²) in [5.74, 6) is -0.928. The summed E-state index contributed by atoms with van der Waals surface area (Å²) in [7, 11) is -1.86. The summed E-state index contributed by atoms with van der Waals surface area (Å²) in [5.41, 5.74) is 4.58. The highest BCUT2D eigenvalue weighted by Gasteiger charge is 2.32. The SMILES string of the molecule is COc1cc(N2CCC(N3CCN(C(=O)Cc4ccc(C5CCC(=O)NC5=O)c(F)c4)CC3)CC2)ccc1Nc1ncc(Cl)c(Nc2cccc3c2N(S(C)(=O)=O)CC3)n1. The highest BCUT2D eigenvalue weighted by Crippen LogP contribution is 2.40. The molecule has 4 aliphatic rings. The number of piperidine rings is 2. The Hall–Kier alpha value is -5.52. The Morgan fingerprint density at radius 1 is 0.950 bits per heavy atom. The van der Waals surface area contributed by atoms with Crippen LogP contribution in [0.1, 0.15) is 48.3 Å². The Bertz CT molecular complexity index is 2420. The molecule has 8 rings (SSSR count). The summed E-state index contributed by atoms with van der Waals surface area (Å²) >= 11 is 6.51. The quantitative estimate of drug-likeness (QED) is 0.174. The number of rotatable bonds is 11. The van der Waals surface area contributed by atoms with Crippen LogP contribution < -0.4 is 29.9 Å². The van der Waals surface area contributed by atoms with Gasteiger partial charge in [0.1, 0.15) is 16.6 Å². The number of halogens is 2. The number of benzene rings is 3. The fraction of sp³-hybridized carbons (Fsp3) is 0.405. The summed E-state index contributed by atoms with van der Waals surface area (Å²) in [6, 6.07) is 16.5. The van der Waals surface area contributed by atoms with Gasteiger partial charge in [0.05, 0.1) is 49.0 Å². The van der Waals surface area contributed by atoms with Crippen LogP contribution in [0.15, 0.2) is 60.8 Å². The minimum absolute atomic E-state index is 0.0534. The molecule has 1 unspecified atom stereocenters. The van der Waals surface area contributed by atoms with Crippen LogP contribution in [0.25, 0.3) is 0 Å². The molecule has 0 radical (unpaired) electrons. The highest BCUT2D eigenvalue weighted by molar-refractivity contribution is 7.92. The van der Waals surface area contributed by atoms with Crippen molar-refractivity contribution in [1.29, 1.82) is 0 Å². The van der Waals surface area contributed by atoms with Gasteiger partial charge in [0.15, 0.2) is 5.82 Å². The second-order valence-corrected chi connectivity index (χ2v) is 17.9. The lowest BCUT2D eigenvalue weighted by atomic mass is 9.89.